The Balaban J connectivity index is 1.67. The first-order chi connectivity index (χ1) is 12.5. The Bertz CT molecular complexity index is 718. The van der Waals surface area contributed by atoms with Crippen molar-refractivity contribution in [3.8, 4) is 5.75 Å². The number of anilines is 2. The molecule has 2 aromatic rings. The van der Waals surface area contributed by atoms with Crippen molar-refractivity contribution in [2.24, 2.45) is 0 Å². The van der Waals surface area contributed by atoms with Crippen molar-refractivity contribution in [2.75, 3.05) is 37.0 Å². The lowest BCUT2D eigenvalue weighted by Gasteiger charge is -2.27. The molecular weight excluding hydrogens is 328 g/mol. The summed E-state index contributed by atoms with van der Waals surface area (Å²) in [4.78, 5) is 10.9. The monoisotopic (exact) mass is 356 g/mol. The van der Waals surface area contributed by atoms with Crippen molar-refractivity contribution in [1.29, 1.82) is 0 Å². The lowest BCUT2D eigenvalue weighted by Crippen LogP contribution is -2.33. The summed E-state index contributed by atoms with van der Waals surface area (Å²) in [6.45, 7) is 6.24. The molecule has 6 heteroatoms. The van der Waals surface area contributed by atoms with E-state index in [9.17, 15) is 5.11 Å². The molecule has 1 aromatic carbocycles. The highest BCUT2D eigenvalue weighted by Crippen LogP contribution is 2.27. The predicted octanol–water partition coefficient (Wildman–Crippen LogP) is 2.84. The van der Waals surface area contributed by atoms with Gasteiger partial charge in [-0.15, -0.1) is 0 Å². The number of benzene rings is 1. The van der Waals surface area contributed by atoms with Crippen molar-refractivity contribution < 1.29 is 9.84 Å². The van der Waals surface area contributed by atoms with Crippen molar-refractivity contribution >= 4 is 11.6 Å². The number of aromatic nitrogens is 2. The minimum Gasteiger partial charge on any atom is -0.497 e. The molecule has 0 radical (unpaired) electrons. The lowest BCUT2D eigenvalue weighted by atomic mass is 9.84. The summed E-state index contributed by atoms with van der Waals surface area (Å²) in [7, 11) is 1.68. The molecule has 0 spiro atoms. The second kappa shape index (κ2) is 7.91. The van der Waals surface area contributed by atoms with Crippen molar-refractivity contribution in [3.63, 3.8) is 0 Å². The average molecular weight is 356 g/mol. The largest absolute Gasteiger partial charge is 0.497 e. The molecule has 3 rings (SSSR count). The first-order valence-electron chi connectivity index (χ1n) is 9.11. The maximum atomic E-state index is 9.53. The molecule has 1 aliphatic heterocycles. The quantitative estimate of drug-likeness (QED) is 0.795. The molecule has 0 saturated carbocycles. The number of ether oxygens (including phenoxy) is 1. The third kappa shape index (κ3) is 4.07. The molecule has 1 fully saturated rings. The van der Waals surface area contributed by atoms with E-state index in [-0.39, 0.29) is 18.1 Å². The third-order valence-corrected chi connectivity index (χ3v) is 5.12. The van der Waals surface area contributed by atoms with Crippen LogP contribution in [0, 0.1) is 0 Å². The highest BCUT2D eigenvalue weighted by Gasteiger charge is 2.25. The van der Waals surface area contributed by atoms with Crippen molar-refractivity contribution in [1.82, 2.24) is 9.97 Å². The van der Waals surface area contributed by atoms with Gasteiger partial charge in [0.15, 0.2) is 0 Å². The van der Waals surface area contributed by atoms with Crippen molar-refractivity contribution in [2.45, 2.75) is 38.1 Å². The highest BCUT2D eigenvalue weighted by molar-refractivity contribution is 5.50. The van der Waals surface area contributed by atoms with Crippen LogP contribution < -0.4 is 15.0 Å². The summed E-state index contributed by atoms with van der Waals surface area (Å²) in [6.07, 6.45) is 3.68. The van der Waals surface area contributed by atoms with Crippen LogP contribution in [0.4, 0.5) is 11.6 Å². The second-order valence-corrected chi connectivity index (χ2v) is 7.40. The van der Waals surface area contributed by atoms with Crippen LogP contribution in [0.3, 0.4) is 0 Å². The number of nitrogens with zero attached hydrogens (tertiary/aromatic N) is 3. The van der Waals surface area contributed by atoms with Crippen LogP contribution >= 0.6 is 0 Å². The molecule has 26 heavy (non-hydrogen) atoms. The molecule has 2 heterocycles. The molecular formula is C20H28N4O2. The van der Waals surface area contributed by atoms with Gasteiger partial charge in [0, 0.05) is 24.6 Å². The summed E-state index contributed by atoms with van der Waals surface area (Å²) in [5.74, 6) is 2.54. The van der Waals surface area contributed by atoms with E-state index < -0.39 is 0 Å². The first-order valence-corrected chi connectivity index (χ1v) is 9.11. The van der Waals surface area contributed by atoms with Crippen LogP contribution in [0.2, 0.25) is 0 Å². The van der Waals surface area contributed by atoms with Gasteiger partial charge in [-0.2, -0.15) is 0 Å². The van der Waals surface area contributed by atoms with E-state index in [4.69, 9.17) is 4.74 Å². The van der Waals surface area contributed by atoms with Gasteiger partial charge in [-0.3, -0.25) is 0 Å². The fraction of sp³-hybridized carbons (Fsp3) is 0.500. The van der Waals surface area contributed by atoms with Crippen molar-refractivity contribution in [3.05, 3.63) is 42.2 Å². The molecule has 0 amide bonds. The summed E-state index contributed by atoms with van der Waals surface area (Å²) in [5.41, 5.74) is 1.18. The number of nitrogens with one attached hydrogen (secondary N) is 1. The van der Waals surface area contributed by atoms with Gasteiger partial charge < -0.3 is 20.1 Å². The number of rotatable bonds is 7. The Morgan fingerprint density at radius 1 is 1.27 bits per heavy atom. The van der Waals surface area contributed by atoms with Crippen LogP contribution in [0.5, 0.6) is 5.75 Å². The number of hydrogen-bond donors (Lipinski definition) is 2. The summed E-state index contributed by atoms with van der Waals surface area (Å²) < 4.78 is 5.24. The van der Waals surface area contributed by atoms with E-state index in [1.165, 1.54) is 5.56 Å². The number of aliphatic hydroxyl groups excluding tert-OH is 1. The molecule has 1 atom stereocenters. The third-order valence-electron chi connectivity index (χ3n) is 5.12. The van der Waals surface area contributed by atoms with Gasteiger partial charge >= 0.3 is 0 Å². The standard InChI is InChI=1S/C20H28N4O2/c1-20(2,15-6-8-17(26-3)9-7-15)13-21-18-11-19(23-14-22-18)24-10-4-5-16(24)12-25/h6-9,11,14,16,25H,4-5,10,12-13H2,1-3H3,(H,21,22,23). The SMILES string of the molecule is COc1ccc(C(C)(C)CNc2cc(N3CCCC3CO)ncn2)cc1. The number of methoxy groups -OCH3 is 1. The zero-order valence-electron chi connectivity index (χ0n) is 15.8. The van der Waals surface area contributed by atoms with E-state index in [2.05, 4.69) is 46.2 Å². The van der Waals surface area contributed by atoms with Crippen LogP contribution in [0.25, 0.3) is 0 Å². The molecule has 0 bridgehead atoms. The van der Waals surface area contributed by atoms with E-state index in [0.29, 0.717) is 0 Å². The first kappa shape index (κ1) is 18.5. The van der Waals surface area contributed by atoms with E-state index in [0.717, 1.165) is 43.3 Å². The summed E-state index contributed by atoms with van der Waals surface area (Å²) >= 11 is 0. The molecule has 1 unspecified atom stereocenters. The highest BCUT2D eigenvalue weighted by atomic mass is 16.5. The maximum Gasteiger partial charge on any atom is 0.134 e. The van der Waals surface area contributed by atoms with Gasteiger partial charge in [-0.25, -0.2) is 9.97 Å². The number of hydrogen-bond acceptors (Lipinski definition) is 6. The Morgan fingerprint density at radius 2 is 2.04 bits per heavy atom. The van der Waals surface area contributed by atoms with Gasteiger partial charge in [0.05, 0.1) is 19.8 Å². The van der Waals surface area contributed by atoms with E-state index in [1.807, 2.05) is 18.2 Å². The number of aliphatic hydroxyl groups is 1. The summed E-state index contributed by atoms with van der Waals surface area (Å²) in [5, 5.41) is 13.0. The Hall–Kier alpha value is -2.34. The minimum absolute atomic E-state index is 0.0569. The van der Waals surface area contributed by atoms with Crippen LogP contribution in [0.15, 0.2) is 36.7 Å². The Labute approximate surface area is 155 Å². The van der Waals surface area contributed by atoms with Gasteiger partial charge in [0.1, 0.15) is 23.7 Å². The summed E-state index contributed by atoms with van der Waals surface area (Å²) in [6, 6.07) is 10.3. The normalized spacial score (nSPS) is 17.4. The topological polar surface area (TPSA) is 70.5 Å². The van der Waals surface area contributed by atoms with Crippen LogP contribution in [0.1, 0.15) is 32.3 Å². The second-order valence-electron chi connectivity index (χ2n) is 7.40. The smallest absolute Gasteiger partial charge is 0.134 e. The minimum atomic E-state index is -0.0569. The van der Waals surface area contributed by atoms with Gasteiger partial charge in [-0.1, -0.05) is 26.0 Å². The molecule has 1 saturated heterocycles. The molecule has 1 aromatic heterocycles. The van der Waals surface area contributed by atoms with E-state index >= 15 is 0 Å². The fourth-order valence-electron chi connectivity index (χ4n) is 3.38. The fourth-order valence-corrected chi connectivity index (χ4v) is 3.38. The zero-order valence-corrected chi connectivity index (χ0v) is 15.8. The zero-order chi connectivity index (χ0) is 18.6. The lowest BCUT2D eigenvalue weighted by molar-refractivity contribution is 0.266. The Morgan fingerprint density at radius 3 is 2.73 bits per heavy atom. The Kier molecular flexibility index (Phi) is 5.61. The molecule has 6 nitrogen and oxygen atoms in total. The molecule has 0 aliphatic carbocycles. The van der Waals surface area contributed by atoms with Gasteiger partial charge in [-0.05, 0) is 30.5 Å². The average Bonchev–Trinajstić information content (AvgIpc) is 3.15. The molecule has 140 valence electrons. The van der Waals surface area contributed by atoms with Gasteiger partial charge in [0.2, 0.25) is 0 Å². The molecule has 2 N–H and O–H groups in total. The van der Waals surface area contributed by atoms with Crippen LogP contribution in [-0.2, 0) is 5.41 Å². The van der Waals surface area contributed by atoms with Gasteiger partial charge in [0.25, 0.3) is 0 Å². The van der Waals surface area contributed by atoms with Crippen LogP contribution in [-0.4, -0.2) is 47.9 Å². The predicted molar refractivity (Wildman–Crippen MR) is 104 cm³/mol. The molecule has 1 aliphatic rings. The van der Waals surface area contributed by atoms with E-state index in [1.54, 1.807) is 13.4 Å². The maximum absolute atomic E-state index is 9.53.